The first-order chi connectivity index (χ1) is 21.7. The fraction of sp³-hybridized carbons (Fsp3) is 0.513. The van der Waals surface area contributed by atoms with Crippen molar-refractivity contribution in [2.24, 2.45) is 5.92 Å². The number of anilines is 1. The van der Waals surface area contributed by atoms with Crippen molar-refractivity contribution in [2.45, 2.75) is 112 Å². The van der Waals surface area contributed by atoms with E-state index < -0.39 is 5.92 Å². The van der Waals surface area contributed by atoms with E-state index in [1.807, 2.05) is 32.9 Å². The molecule has 2 aromatic carbocycles. The van der Waals surface area contributed by atoms with Crippen molar-refractivity contribution in [3.8, 4) is 5.88 Å². The van der Waals surface area contributed by atoms with Gasteiger partial charge in [-0.15, -0.1) is 0 Å². The van der Waals surface area contributed by atoms with Gasteiger partial charge in [-0.05, 0) is 102 Å². The molecule has 2 N–H and O–H groups in total. The van der Waals surface area contributed by atoms with E-state index in [0.29, 0.717) is 11.5 Å². The third kappa shape index (κ3) is 10.9. The molecule has 0 amide bonds. The molecule has 1 unspecified atom stereocenters. The van der Waals surface area contributed by atoms with Crippen LogP contribution in [0.5, 0.6) is 5.88 Å². The number of alkyl halides is 3. The van der Waals surface area contributed by atoms with Crippen molar-refractivity contribution in [1.29, 1.82) is 0 Å². The Kier molecular flexibility index (Phi) is 16.2. The first-order valence-electron chi connectivity index (χ1n) is 16.9. The van der Waals surface area contributed by atoms with E-state index >= 15 is 0 Å². The predicted molar refractivity (Wildman–Crippen MR) is 186 cm³/mol. The Morgan fingerprint density at radius 1 is 0.933 bits per heavy atom. The molecule has 6 heteroatoms. The molecule has 45 heavy (non-hydrogen) atoms. The molecule has 1 aliphatic carbocycles. The third-order valence-electron chi connectivity index (χ3n) is 8.06. The minimum Gasteiger partial charge on any atom is -0.478 e. The summed E-state index contributed by atoms with van der Waals surface area (Å²) < 4.78 is 45.8. The first kappa shape index (κ1) is 37.9. The number of allylic oxidation sites excluding steroid dienone is 1. The molecule has 248 valence electrons. The highest BCUT2D eigenvalue weighted by Gasteiger charge is 2.31. The highest BCUT2D eigenvalue weighted by atomic mass is 19.3. The van der Waals surface area contributed by atoms with Crippen LogP contribution in [0.4, 0.5) is 18.9 Å². The normalized spacial score (nSPS) is 13.5. The van der Waals surface area contributed by atoms with Gasteiger partial charge in [-0.3, -0.25) is 4.39 Å². The van der Waals surface area contributed by atoms with Crippen LogP contribution >= 0.6 is 0 Å². The van der Waals surface area contributed by atoms with Gasteiger partial charge in [0, 0.05) is 18.8 Å². The second-order valence-electron chi connectivity index (χ2n) is 11.5. The van der Waals surface area contributed by atoms with Crippen molar-refractivity contribution in [3.05, 3.63) is 88.1 Å². The van der Waals surface area contributed by atoms with Crippen LogP contribution < -0.4 is 10.5 Å². The SMILES string of the molecule is CC.CCCC(CC)Cc1ccc(C2=C(c3cnc(OCC)c(C(C)(F)F)c3)CCCc3cc(N)ccc32)cc1.CCCCF. The summed E-state index contributed by atoms with van der Waals surface area (Å²) in [4.78, 5) is 4.36. The van der Waals surface area contributed by atoms with E-state index in [1.54, 1.807) is 19.2 Å². The largest absolute Gasteiger partial charge is 0.478 e. The molecule has 3 aromatic rings. The lowest BCUT2D eigenvalue weighted by Crippen LogP contribution is -2.12. The van der Waals surface area contributed by atoms with Crippen LogP contribution in [0, 0.1) is 5.92 Å². The zero-order valence-corrected chi connectivity index (χ0v) is 28.6. The maximum atomic E-state index is 14.7. The van der Waals surface area contributed by atoms with Crippen molar-refractivity contribution in [2.75, 3.05) is 19.0 Å². The van der Waals surface area contributed by atoms with Gasteiger partial charge in [-0.1, -0.05) is 90.6 Å². The van der Waals surface area contributed by atoms with Gasteiger partial charge in [0.1, 0.15) is 0 Å². The predicted octanol–water partition coefficient (Wildman–Crippen LogP) is 11.6. The number of hydrogen-bond acceptors (Lipinski definition) is 3. The molecular formula is C39H55F3N2O. The summed E-state index contributed by atoms with van der Waals surface area (Å²) in [7, 11) is 0. The van der Waals surface area contributed by atoms with Crippen LogP contribution in [0.25, 0.3) is 11.1 Å². The monoisotopic (exact) mass is 624 g/mol. The van der Waals surface area contributed by atoms with Gasteiger partial charge in [-0.2, -0.15) is 0 Å². The van der Waals surface area contributed by atoms with Crippen LogP contribution in [-0.2, 0) is 18.8 Å². The van der Waals surface area contributed by atoms with Gasteiger partial charge >= 0.3 is 0 Å². The average molecular weight is 625 g/mol. The lowest BCUT2D eigenvalue weighted by atomic mass is 9.86. The Hall–Kier alpha value is -3.28. The lowest BCUT2D eigenvalue weighted by molar-refractivity contribution is 0.0139. The smallest absolute Gasteiger partial charge is 0.275 e. The number of ether oxygens (including phenoxy) is 1. The van der Waals surface area contributed by atoms with Crippen LogP contribution in [0.15, 0.2) is 54.7 Å². The summed E-state index contributed by atoms with van der Waals surface area (Å²) in [6.45, 7) is 13.3. The van der Waals surface area contributed by atoms with E-state index in [0.717, 1.165) is 73.4 Å². The minimum absolute atomic E-state index is 0.00499. The van der Waals surface area contributed by atoms with Crippen molar-refractivity contribution >= 4 is 16.8 Å². The van der Waals surface area contributed by atoms with Gasteiger partial charge in [0.05, 0.1) is 18.8 Å². The van der Waals surface area contributed by atoms with E-state index in [-0.39, 0.29) is 24.7 Å². The topological polar surface area (TPSA) is 48.1 Å². The molecule has 1 aromatic heterocycles. The third-order valence-corrected chi connectivity index (χ3v) is 8.06. The van der Waals surface area contributed by atoms with E-state index in [9.17, 15) is 13.2 Å². The standard InChI is InChI=1S/C33H40F2N2O.C4H9F.C2H6/c1-5-9-22(6-2)18-23-12-14-24(15-13-23)31-28(11-8-10-25-19-27(36)16-17-29(25)31)26-20-30(33(4,34)35)32(37-21-26)38-7-3;1-2-3-4-5;1-2/h12-17,19-22H,5-11,18,36H2,1-4H3;2-4H2,1H3;1-2H3. The zero-order valence-electron chi connectivity index (χ0n) is 28.6. The van der Waals surface area contributed by atoms with E-state index in [4.69, 9.17) is 10.5 Å². The van der Waals surface area contributed by atoms with Gasteiger partial charge in [0.25, 0.3) is 5.92 Å². The number of nitrogen functional groups attached to an aromatic ring is 1. The van der Waals surface area contributed by atoms with Gasteiger partial charge in [-0.25, -0.2) is 13.8 Å². The molecule has 1 aliphatic rings. The van der Waals surface area contributed by atoms with Crippen molar-refractivity contribution in [1.82, 2.24) is 4.98 Å². The molecule has 0 saturated carbocycles. The zero-order chi connectivity index (χ0) is 33.4. The van der Waals surface area contributed by atoms with E-state index in [1.165, 1.54) is 30.4 Å². The number of unbranched alkanes of at least 4 members (excludes halogenated alkanes) is 1. The fourth-order valence-electron chi connectivity index (χ4n) is 5.74. The van der Waals surface area contributed by atoms with Crippen LogP contribution in [0.1, 0.15) is 127 Å². The summed E-state index contributed by atoms with van der Waals surface area (Å²) in [5.41, 5.74) is 14.2. The number of hydrogen-bond donors (Lipinski definition) is 1. The number of halogens is 3. The highest BCUT2D eigenvalue weighted by molar-refractivity contribution is 6.00. The lowest BCUT2D eigenvalue weighted by Gasteiger charge is -2.20. The molecular weight excluding hydrogens is 569 g/mol. The number of aryl methyl sites for hydroxylation is 1. The van der Waals surface area contributed by atoms with Gasteiger partial charge < -0.3 is 10.5 Å². The Labute approximate surface area is 270 Å². The molecule has 0 radical (unpaired) electrons. The molecule has 0 fully saturated rings. The van der Waals surface area contributed by atoms with Crippen LogP contribution in [-0.4, -0.2) is 18.3 Å². The van der Waals surface area contributed by atoms with Crippen LogP contribution in [0.3, 0.4) is 0 Å². The molecule has 3 nitrogen and oxygen atoms in total. The summed E-state index contributed by atoms with van der Waals surface area (Å²) in [6.07, 6.45) is 10.6. The van der Waals surface area contributed by atoms with Gasteiger partial charge in [0.15, 0.2) is 0 Å². The van der Waals surface area contributed by atoms with Crippen molar-refractivity contribution in [3.63, 3.8) is 0 Å². The molecule has 0 bridgehead atoms. The first-order valence-corrected chi connectivity index (χ1v) is 16.9. The molecule has 0 spiro atoms. The molecule has 0 aliphatic heterocycles. The molecule has 1 atom stereocenters. The quantitative estimate of drug-likeness (QED) is 0.204. The number of aromatic nitrogens is 1. The number of fused-ring (bicyclic) bond motifs is 1. The maximum Gasteiger partial charge on any atom is 0.275 e. The Balaban J connectivity index is 0.000000917. The number of nitrogens with two attached hydrogens (primary N) is 1. The molecule has 1 heterocycles. The maximum absolute atomic E-state index is 14.7. The second-order valence-corrected chi connectivity index (χ2v) is 11.5. The van der Waals surface area contributed by atoms with Crippen LogP contribution in [0.2, 0.25) is 0 Å². The minimum atomic E-state index is -3.07. The summed E-state index contributed by atoms with van der Waals surface area (Å²) in [6, 6.07) is 16.4. The van der Waals surface area contributed by atoms with Gasteiger partial charge in [0.2, 0.25) is 5.88 Å². The highest BCUT2D eigenvalue weighted by Crippen LogP contribution is 2.42. The average Bonchev–Trinajstić information content (AvgIpc) is 3.22. The summed E-state index contributed by atoms with van der Waals surface area (Å²) in [5.74, 6) is -2.39. The number of pyridine rings is 1. The van der Waals surface area contributed by atoms with E-state index in [2.05, 4.69) is 49.2 Å². The molecule has 4 rings (SSSR count). The summed E-state index contributed by atoms with van der Waals surface area (Å²) >= 11 is 0. The number of rotatable bonds is 12. The summed E-state index contributed by atoms with van der Waals surface area (Å²) in [5, 5.41) is 0. The number of nitrogens with zero attached hydrogens (tertiary/aromatic N) is 1. The Bertz CT molecular complexity index is 1330. The number of benzene rings is 2. The van der Waals surface area contributed by atoms with Crippen molar-refractivity contribution < 1.29 is 17.9 Å². The Morgan fingerprint density at radius 2 is 1.64 bits per heavy atom. The molecule has 0 saturated heterocycles. The second kappa shape index (κ2) is 19.3. The Morgan fingerprint density at radius 3 is 2.20 bits per heavy atom. The fourth-order valence-corrected chi connectivity index (χ4v) is 5.74.